The summed E-state index contributed by atoms with van der Waals surface area (Å²) in [4.78, 5) is 27.4. The van der Waals surface area contributed by atoms with Gasteiger partial charge in [0.25, 0.3) is 0 Å². The number of benzene rings is 1. The van der Waals surface area contributed by atoms with Crippen molar-refractivity contribution in [3.05, 3.63) is 44.2 Å². The first-order valence-electron chi connectivity index (χ1n) is 9.54. The van der Waals surface area contributed by atoms with Crippen LogP contribution in [-0.2, 0) is 22.4 Å². The fraction of sp³-hybridized carbons (Fsp3) is 0.429. The van der Waals surface area contributed by atoms with Gasteiger partial charge in [0, 0.05) is 14.8 Å². The quantitative estimate of drug-likeness (QED) is 0.387. The van der Waals surface area contributed by atoms with E-state index in [-0.39, 0.29) is 11.9 Å². The molecule has 1 aromatic heterocycles. The molecule has 2 aromatic rings. The minimum atomic E-state index is -0.418. The summed E-state index contributed by atoms with van der Waals surface area (Å²) in [7, 11) is 0. The molecule has 156 valence electrons. The van der Waals surface area contributed by atoms with Crippen LogP contribution in [0.5, 0.6) is 0 Å². The van der Waals surface area contributed by atoms with E-state index in [1.54, 1.807) is 32.0 Å². The Labute approximate surface area is 189 Å². The molecule has 8 heteroatoms. The minimum Gasteiger partial charge on any atom is -0.462 e. The number of carbonyl (C=O) groups excluding carboxylic acids is 2. The van der Waals surface area contributed by atoms with E-state index in [4.69, 9.17) is 27.9 Å². The number of anilines is 1. The van der Waals surface area contributed by atoms with Gasteiger partial charge in [0.1, 0.15) is 5.00 Å². The van der Waals surface area contributed by atoms with Crippen LogP contribution in [0.25, 0.3) is 0 Å². The molecule has 0 spiro atoms. The van der Waals surface area contributed by atoms with Crippen molar-refractivity contribution in [3.63, 3.8) is 0 Å². The number of hydrogen-bond donors (Lipinski definition) is 1. The number of amides is 1. The van der Waals surface area contributed by atoms with Gasteiger partial charge in [-0.25, -0.2) is 4.79 Å². The first-order valence-corrected chi connectivity index (χ1v) is 12.0. The third-order valence-corrected chi connectivity index (χ3v) is 7.80. The highest BCUT2D eigenvalue weighted by Gasteiger charge is 2.30. The Hall–Kier alpha value is -1.21. The Bertz CT molecular complexity index is 929. The fourth-order valence-electron chi connectivity index (χ4n) is 3.28. The molecule has 1 N–H and O–H groups in total. The number of hydrogen-bond acceptors (Lipinski definition) is 5. The van der Waals surface area contributed by atoms with Gasteiger partial charge in [0.2, 0.25) is 5.91 Å². The molecule has 1 heterocycles. The highest BCUT2D eigenvalue weighted by molar-refractivity contribution is 8.00. The van der Waals surface area contributed by atoms with Crippen LogP contribution < -0.4 is 5.32 Å². The molecule has 0 radical (unpaired) electrons. The van der Waals surface area contributed by atoms with Gasteiger partial charge >= 0.3 is 5.97 Å². The lowest BCUT2D eigenvalue weighted by Gasteiger charge is -2.18. The molecule has 0 saturated carbocycles. The van der Waals surface area contributed by atoms with Crippen molar-refractivity contribution >= 4 is 63.2 Å². The number of rotatable bonds is 6. The maximum atomic E-state index is 12.9. The van der Waals surface area contributed by atoms with E-state index < -0.39 is 5.25 Å². The van der Waals surface area contributed by atoms with E-state index in [9.17, 15) is 9.59 Å². The topological polar surface area (TPSA) is 55.4 Å². The maximum absolute atomic E-state index is 12.9. The molecule has 29 heavy (non-hydrogen) atoms. The number of fused-ring (bicyclic) bond motifs is 1. The summed E-state index contributed by atoms with van der Waals surface area (Å²) in [6.45, 7) is 6.09. The van der Waals surface area contributed by atoms with Gasteiger partial charge in [-0.1, -0.05) is 30.1 Å². The molecule has 0 saturated heterocycles. The SMILES string of the molecule is CCOC(=O)c1c(NC(=O)[C@@H](C)Sc2cc(Cl)ccc2Cl)sc2c1CC[C@@H](C)C2. The molecule has 1 aliphatic carbocycles. The van der Waals surface area contributed by atoms with Crippen LogP contribution in [0.2, 0.25) is 10.0 Å². The van der Waals surface area contributed by atoms with E-state index in [0.717, 1.165) is 29.7 Å². The lowest BCUT2D eigenvalue weighted by molar-refractivity contribution is -0.115. The van der Waals surface area contributed by atoms with Crippen LogP contribution in [0.1, 0.15) is 48.0 Å². The van der Waals surface area contributed by atoms with Gasteiger partial charge in [-0.15, -0.1) is 23.1 Å². The van der Waals surface area contributed by atoms with Crippen molar-refractivity contribution in [1.29, 1.82) is 0 Å². The molecule has 1 amide bonds. The Morgan fingerprint density at radius 3 is 2.86 bits per heavy atom. The molecule has 0 fully saturated rings. The summed E-state index contributed by atoms with van der Waals surface area (Å²) in [6, 6.07) is 5.17. The number of ether oxygens (including phenoxy) is 1. The van der Waals surface area contributed by atoms with Gasteiger partial charge in [-0.3, -0.25) is 4.79 Å². The number of thioether (sulfide) groups is 1. The number of halogens is 2. The predicted octanol–water partition coefficient (Wildman–Crippen LogP) is 6.48. The monoisotopic (exact) mass is 471 g/mol. The summed E-state index contributed by atoms with van der Waals surface area (Å²) < 4.78 is 5.27. The summed E-state index contributed by atoms with van der Waals surface area (Å²) in [5, 5.41) is 4.23. The van der Waals surface area contributed by atoms with Crippen LogP contribution in [0.15, 0.2) is 23.1 Å². The summed E-state index contributed by atoms with van der Waals surface area (Å²) in [6.07, 6.45) is 2.78. The molecule has 3 rings (SSSR count). The molecule has 1 aliphatic rings. The number of thiophene rings is 1. The van der Waals surface area contributed by atoms with E-state index in [0.29, 0.717) is 33.1 Å². The smallest absolute Gasteiger partial charge is 0.341 e. The average molecular weight is 472 g/mol. The number of nitrogens with one attached hydrogen (secondary N) is 1. The van der Waals surface area contributed by atoms with Crippen molar-refractivity contribution in [3.8, 4) is 0 Å². The Morgan fingerprint density at radius 2 is 2.14 bits per heavy atom. The van der Waals surface area contributed by atoms with Crippen LogP contribution in [0, 0.1) is 5.92 Å². The van der Waals surface area contributed by atoms with Crippen LogP contribution in [0.3, 0.4) is 0 Å². The second-order valence-electron chi connectivity index (χ2n) is 7.10. The van der Waals surface area contributed by atoms with Gasteiger partial charge in [0.15, 0.2) is 0 Å². The normalized spacial score (nSPS) is 16.8. The third kappa shape index (κ3) is 5.29. The zero-order valence-corrected chi connectivity index (χ0v) is 19.7. The average Bonchev–Trinajstić information content (AvgIpc) is 3.01. The van der Waals surface area contributed by atoms with Crippen molar-refractivity contribution in [2.75, 3.05) is 11.9 Å². The summed E-state index contributed by atoms with van der Waals surface area (Å²) in [5.74, 6) is 0.00970. The molecule has 0 bridgehead atoms. The van der Waals surface area contributed by atoms with Crippen LogP contribution in [0.4, 0.5) is 5.00 Å². The minimum absolute atomic E-state index is 0.191. The second-order valence-corrected chi connectivity index (χ2v) is 10.4. The van der Waals surface area contributed by atoms with Gasteiger partial charge in [-0.05, 0) is 62.8 Å². The lowest BCUT2D eigenvalue weighted by atomic mass is 9.88. The Balaban J connectivity index is 1.82. The highest BCUT2D eigenvalue weighted by Crippen LogP contribution is 2.41. The standard InChI is InChI=1S/C21H23Cl2NO3S2/c1-4-27-21(26)18-14-7-5-11(2)9-16(14)29-20(18)24-19(25)12(3)28-17-10-13(22)6-8-15(17)23/h6,8,10-12H,4-5,7,9H2,1-3H3,(H,24,25)/t11-,12-/m1/s1. The first kappa shape index (κ1) is 22.5. The van der Waals surface area contributed by atoms with E-state index in [1.807, 2.05) is 0 Å². The molecule has 0 aliphatic heterocycles. The van der Waals surface area contributed by atoms with Crippen LogP contribution in [-0.4, -0.2) is 23.7 Å². The van der Waals surface area contributed by atoms with Crippen molar-refractivity contribution in [2.24, 2.45) is 5.92 Å². The zero-order valence-electron chi connectivity index (χ0n) is 16.5. The van der Waals surface area contributed by atoms with Crippen LogP contribution >= 0.6 is 46.3 Å². The highest BCUT2D eigenvalue weighted by atomic mass is 35.5. The van der Waals surface area contributed by atoms with Crippen molar-refractivity contribution in [2.45, 2.75) is 50.2 Å². The van der Waals surface area contributed by atoms with Crippen molar-refractivity contribution < 1.29 is 14.3 Å². The van der Waals surface area contributed by atoms with Crippen molar-refractivity contribution in [1.82, 2.24) is 0 Å². The Morgan fingerprint density at radius 1 is 1.38 bits per heavy atom. The first-order chi connectivity index (χ1) is 13.8. The van der Waals surface area contributed by atoms with E-state index in [1.165, 1.54) is 28.0 Å². The predicted molar refractivity (Wildman–Crippen MR) is 122 cm³/mol. The molecule has 1 aromatic carbocycles. The van der Waals surface area contributed by atoms with Gasteiger partial charge in [0.05, 0.1) is 22.4 Å². The molecular formula is C21H23Cl2NO3S2. The fourth-order valence-corrected chi connectivity index (χ4v) is 6.10. The second kappa shape index (κ2) is 9.73. The van der Waals surface area contributed by atoms with E-state index >= 15 is 0 Å². The molecule has 0 unspecified atom stereocenters. The largest absolute Gasteiger partial charge is 0.462 e. The number of carbonyl (C=O) groups is 2. The molecular weight excluding hydrogens is 449 g/mol. The molecule has 2 atom stereocenters. The summed E-state index contributed by atoms with van der Waals surface area (Å²) >= 11 is 15.1. The lowest BCUT2D eigenvalue weighted by Crippen LogP contribution is -2.23. The third-order valence-electron chi connectivity index (χ3n) is 4.79. The Kier molecular flexibility index (Phi) is 7.54. The van der Waals surface area contributed by atoms with Gasteiger partial charge in [-0.2, -0.15) is 0 Å². The number of esters is 1. The van der Waals surface area contributed by atoms with Gasteiger partial charge < -0.3 is 10.1 Å². The maximum Gasteiger partial charge on any atom is 0.341 e. The van der Waals surface area contributed by atoms with E-state index in [2.05, 4.69) is 12.2 Å². The molecule has 4 nitrogen and oxygen atoms in total. The summed E-state index contributed by atoms with van der Waals surface area (Å²) in [5.41, 5.74) is 1.55. The zero-order chi connectivity index (χ0) is 21.1.